The zero-order valence-electron chi connectivity index (χ0n) is 21.6. The lowest BCUT2D eigenvalue weighted by Crippen LogP contribution is -2.25. The molecular formula is C29H40O4. The highest BCUT2D eigenvalue weighted by Gasteiger charge is 2.20. The molecular weight excluding hydrogens is 412 g/mol. The third-order valence-electron chi connectivity index (χ3n) is 4.57. The predicted octanol–water partition coefficient (Wildman–Crippen LogP) is 7.68. The number of rotatable bonds is 10. The van der Waals surface area contributed by atoms with Crippen molar-refractivity contribution < 1.29 is 19.0 Å². The number of hydrogen-bond acceptors (Lipinski definition) is 4. The number of ketones is 1. The summed E-state index contributed by atoms with van der Waals surface area (Å²) in [5, 5.41) is 0. The molecule has 0 amide bonds. The zero-order valence-corrected chi connectivity index (χ0v) is 21.6. The summed E-state index contributed by atoms with van der Waals surface area (Å²) in [5.41, 5.74) is 1.90. The van der Waals surface area contributed by atoms with Crippen LogP contribution in [0.1, 0.15) is 89.7 Å². The quantitative estimate of drug-likeness (QED) is 0.274. The van der Waals surface area contributed by atoms with Gasteiger partial charge in [-0.1, -0.05) is 20.3 Å². The third-order valence-corrected chi connectivity index (χ3v) is 4.57. The number of carbonyl (C=O) groups is 1. The van der Waals surface area contributed by atoms with Gasteiger partial charge in [-0.05, 0) is 102 Å². The lowest BCUT2D eigenvalue weighted by molar-refractivity contribution is 0.104. The number of hydrogen-bond donors (Lipinski definition) is 0. The first-order valence-corrected chi connectivity index (χ1v) is 11.9. The lowest BCUT2D eigenvalue weighted by Gasteiger charge is -2.27. The molecule has 4 heteroatoms. The van der Waals surface area contributed by atoms with Crippen molar-refractivity contribution in [2.75, 3.05) is 6.61 Å². The normalized spacial score (nSPS) is 12.1. The summed E-state index contributed by atoms with van der Waals surface area (Å²) in [6.45, 7) is 17.0. The van der Waals surface area contributed by atoms with Crippen molar-refractivity contribution in [3.05, 3.63) is 59.2 Å². The van der Waals surface area contributed by atoms with Gasteiger partial charge in [0.2, 0.25) is 0 Å². The van der Waals surface area contributed by atoms with Crippen LogP contribution in [0, 0.1) is 0 Å². The van der Waals surface area contributed by atoms with Gasteiger partial charge in [0.1, 0.15) is 28.5 Å². The molecule has 33 heavy (non-hydrogen) atoms. The van der Waals surface area contributed by atoms with Crippen LogP contribution >= 0.6 is 0 Å². The van der Waals surface area contributed by atoms with Gasteiger partial charge in [-0.2, -0.15) is 0 Å². The van der Waals surface area contributed by atoms with Gasteiger partial charge < -0.3 is 14.2 Å². The average molecular weight is 453 g/mol. The molecule has 180 valence electrons. The van der Waals surface area contributed by atoms with E-state index in [0.29, 0.717) is 17.9 Å². The van der Waals surface area contributed by atoms with Crippen LogP contribution in [0.3, 0.4) is 0 Å². The summed E-state index contributed by atoms with van der Waals surface area (Å²) >= 11 is 0. The van der Waals surface area contributed by atoms with Gasteiger partial charge in [-0.3, -0.25) is 4.79 Å². The number of carbonyl (C=O) groups excluding carboxylic acids is 1. The molecule has 0 saturated carbocycles. The van der Waals surface area contributed by atoms with Crippen LogP contribution < -0.4 is 14.2 Å². The number of aryl methyl sites for hydroxylation is 1. The van der Waals surface area contributed by atoms with Crippen LogP contribution in [0.15, 0.2) is 42.5 Å². The average Bonchev–Trinajstić information content (AvgIpc) is 2.71. The predicted molar refractivity (Wildman–Crippen MR) is 137 cm³/mol. The lowest BCUT2D eigenvalue weighted by atomic mass is 10.0. The number of allylic oxidation sites excluding steroid dienone is 1. The molecule has 0 unspecified atom stereocenters. The Morgan fingerprint density at radius 3 is 2.00 bits per heavy atom. The third kappa shape index (κ3) is 8.95. The second-order valence-corrected chi connectivity index (χ2v) is 10.2. The van der Waals surface area contributed by atoms with Gasteiger partial charge in [0.15, 0.2) is 5.78 Å². The van der Waals surface area contributed by atoms with Crippen LogP contribution in [0.25, 0.3) is 6.08 Å². The molecule has 0 fully saturated rings. The second kappa shape index (κ2) is 11.4. The SMILES string of the molecule is CCCOc1ccc(C(=O)C=Cc2cc(CCC)c(OC(C)(C)C)cc2OC(C)(C)C)cc1. The van der Waals surface area contributed by atoms with Gasteiger partial charge >= 0.3 is 0 Å². The van der Waals surface area contributed by atoms with Gasteiger partial charge in [0.05, 0.1) is 6.61 Å². The molecule has 0 spiro atoms. The second-order valence-electron chi connectivity index (χ2n) is 10.2. The van der Waals surface area contributed by atoms with Gasteiger partial charge in [0.25, 0.3) is 0 Å². The number of ether oxygens (including phenoxy) is 3. The monoisotopic (exact) mass is 452 g/mol. The van der Waals surface area contributed by atoms with Crippen molar-refractivity contribution in [3.8, 4) is 17.2 Å². The summed E-state index contributed by atoms with van der Waals surface area (Å²) in [4.78, 5) is 12.8. The number of benzene rings is 2. The van der Waals surface area contributed by atoms with E-state index in [1.807, 2.05) is 65.8 Å². The van der Waals surface area contributed by atoms with E-state index in [1.165, 1.54) is 0 Å². The Bertz CT molecular complexity index is 941. The molecule has 0 atom stereocenters. The van der Waals surface area contributed by atoms with Gasteiger partial charge in [0, 0.05) is 17.2 Å². The Kier molecular flexibility index (Phi) is 9.16. The molecule has 0 aliphatic rings. The van der Waals surface area contributed by atoms with Crippen molar-refractivity contribution in [3.63, 3.8) is 0 Å². The van der Waals surface area contributed by atoms with Crippen molar-refractivity contribution >= 4 is 11.9 Å². The molecule has 0 saturated heterocycles. The highest BCUT2D eigenvalue weighted by molar-refractivity contribution is 6.07. The first kappa shape index (κ1) is 26.5. The highest BCUT2D eigenvalue weighted by Crippen LogP contribution is 2.35. The van der Waals surface area contributed by atoms with E-state index in [9.17, 15) is 4.79 Å². The molecule has 0 heterocycles. The van der Waals surface area contributed by atoms with Crippen molar-refractivity contribution in [2.45, 2.75) is 85.9 Å². The van der Waals surface area contributed by atoms with Crippen LogP contribution in [0.4, 0.5) is 0 Å². The van der Waals surface area contributed by atoms with E-state index in [2.05, 4.69) is 19.9 Å². The Labute approximate surface area is 200 Å². The molecule has 0 aliphatic heterocycles. The van der Waals surface area contributed by atoms with Crippen LogP contribution in [-0.4, -0.2) is 23.6 Å². The molecule has 2 aromatic carbocycles. The first-order valence-electron chi connectivity index (χ1n) is 11.9. The fourth-order valence-corrected chi connectivity index (χ4v) is 3.26. The van der Waals surface area contributed by atoms with Crippen molar-refractivity contribution in [1.82, 2.24) is 0 Å². The summed E-state index contributed by atoms with van der Waals surface area (Å²) in [7, 11) is 0. The molecule has 2 rings (SSSR count). The standard InChI is InChI=1S/C29H40O4/c1-9-11-22-19-23(27(33-29(6,7)8)20-26(22)32-28(3,4)5)14-17-25(30)21-12-15-24(16-13-21)31-18-10-2/h12-17,19-20H,9-11,18H2,1-8H3. The smallest absolute Gasteiger partial charge is 0.185 e. The molecule has 0 radical (unpaired) electrons. The van der Waals surface area contributed by atoms with Gasteiger partial charge in [-0.15, -0.1) is 0 Å². The first-order chi connectivity index (χ1) is 15.4. The van der Waals surface area contributed by atoms with Crippen molar-refractivity contribution in [1.29, 1.82) is 0 Å². The van der Waals surface area contributed by atoms with E-state index in [4.69, 9.17) is 14.2 Å². The molecule has 0 aromatic heterocycles. The maximum atomic E-state index is 12.8. The maximum absolute atomic E-state index is 12.8. The molecule has 2 aromatic rings. The Hall–Kier alpha value is -2.75. The molecule has 4 nitrogen and oxygen atoms in total. The van der Waals surface area contributed by atoms with E-state index < -0.39 is 0 Å². The zero-order chi connectivity index (χ0) is 24.6. The Morgan fingerprint density at radius 1 is 0.848 bits per heavy atom. The highest BCUT2D eigenvalue weighted by atomic mass is 16.5. The van der Waals surface area contributed by atoms with Crippen LogP contribution in [0.5, 0.6) is 17.2 Å². The Balaban J connectivity index is 2.38. The fraction of sp³-hybridized carbons (Fsp3) is 0.483. The minimum absolute atomic E-state index is 0.0641. The van der Waals surface area contributed by atoms with E-state index in [1.54, 1.807) is 18.2 Å². The van der Waals surface area contributed by atoms with E-state index in [-0.39, 0.29) is 17.0 Å². The minimum atomic E-state index is -0.383. The van der Waals surface area contributed by atoms with E-state index in [0.717, 1.165) is 41.9 Å². The summed E-state index contributed by atoms with van der Waals surface area (Å²) < 4.78 is 18.1. The summed E-state index contributed by atoms with van der Waals surface area (Å²) in [6, 6.07) is 11.3. The van der Waals surface area contributed by atoms with Crippen molar-refractivity contribution in [2.24, 2.45) is 0 Å². The fourth-order valence-electron chi connectivity index (χ4n) is 3.26. The molecule has 0 N–H and O–H groups in total. The largest absolute Gasteiger partial charge is 0.494 e. The Morgan fingerprint density at radius 2 is 1.45 bits per heavy atom. The maximum Gasteiger partial charge on any atom is 0.185 e. The van der Waals surface area contributed by atoms with Gasteiger partial charge in [-0.25, -0.2) is 0 Å². The summed E-state index contributed by atoms with van der Waals surface area (Å²) in [5.74, 6) is 2.24. The van der Waals surface area contributed by atoms with Crippen LogP contribution in [-0.2, 0) is 6.42 Å². The topological polar surface area (TPSA) is 44.8 Å². The van der Waals surface area contributed by atoms with Crippen LogP contribution in [0.2, 0.25) is 0 Å². The molecule has 0 aliphatic carbocycles. The van der Waals surface area contributed by atoms with E-state index >= 15 is 0 Å². The minimum Gasteiger partial charge on any atom is -0.494 e. The summed E-state index contributed by atoms with van der Waals surface area (Å²) in [6.07, 6.45) is 6.27. The molecule has 0 bridgehead atoms.